The van der Waals surface area contributed by atoms with Gasteiger partial charge in [-0.1, -0.05) is 0 Å². The van der Waals surface area contributed by atoms with Gasteiger partial charge in [-0.3, -0.25) is 4.55 Å². The van der Waals surface area contributed by atoms with Crippen LogP contribution in [0.15, 0.2) is 0 Å². The Hall–Kier alpha value is 1.14. The molecule has 0 aliphatic heterocycles. The molecular formula is CH4O3STm. The molecular weight excluding hydrogens is 261 g/mol. The number of hydrogen-bond donors (Lipinski definition) is 1. The number of rotatable bonds is 0. The van der Waals surface area contributed by atoms with Crippen molar-refractivity contribution in [1.82, 2.24) is 0 Å². The molecule has 0 saturated heterocycles. The molecule has 6 heavy (non-hydrogen) atoms. The van der Waals surface area contributed by atoms with E-state index in [0.717, 1.165) is 0 Å². The van der Waals surface area contributed by atoms with E-state index in [1.807, 2.05) is 0 Å². The molecule has 0 unspecified atom stereocenters. The molecule has 0 bridgehead atoms. The molecule has 0 aromatic rings. The SMILES string of the molecule is CS(=O)(=O)O.[Tm]. The summed E-state index contributed by atoms with van der Waals surface area (Å²) in [5.74, 6) is 0. The van der Waals surface area contributed by atoms with E-state index >= 15 is 0 Å². The van der Waals surface area contributed by atoms with Crippen LogP contribution in [-0.2, 0) is 10.1 Å². The maximum Gasteiger partial charge on any atom is 0.261 e. The van der Waals surface area contributed by atoms with E-state index in [9.17, 15) is 8.42 Å². The van der Waals surface area contributed by atoms with Crippen LogP contribution in [0.3, 0.4) is 0 Å². The van der Waals surface area contributed by atoms with Crippen molar-refractivity contribution in [1.29, 1.82) is 0 Å². The smallest absolute Gasteiger partial charge is 0.261 e. The van der Waals surface area contributed by atoms with Gasteiger partial charge < -0.3 is 0 Å². The van der Waals surface area contributed by atoms with Gasteiger partial charge in [0, 0.05) is 36.9 Å². The third-order valence-corrected chi connectivity index (χ3v) is 0. The fourth-order valence-corrected chi connectivity index (χ4v) is 0. The predicted molar refractivity (Wildman–Crippen MR) is 17.5 cm³/mol. The Morgan fingerprint density at radius 2 is 1.50 bits per heavy atom. The molecule has 0 saturated carbocycles. The van der Waals surface area contributed by atoms with Crippen molar-refractivity contribution >= 4 is 10.1 Å². The van der Waals surface area contributed by atoms with Crippen molar-refractivity contribution in [2.45, 2.75) is 0 Å². The van der Waals surface area contributed by atoms with Crippen molar-refractivity contribution < 1.29 is 49.8 Å². The van der Waals surface area contributed by atoms with Gasteiger partial charge in [-0.05, 0) is 0 Å². The Kier molecular flexibility index (Phi) is 5.41. The zero-order valence-electron chi connectivity index (χ0n) is 2.95. The third kappa shape index (κ3) is 67.5. The van der Waals surface area contributed by atoms with Gasteiger partial charge in [0.25, 0.3) is 10.1 Å². The second kappa shape index (κ2) is 3.19. The van der Waals surface area contributed by atoms with Crippen molar-refractivity contribution in [2.24, 2.45) is 0 Å². The minimum absolute atomic E-state index is 0. The van der Waals surface area contributed by atoms with Gasteiger partial charge >= 0.3 is 0 Å². The maximum atomic E-state index is 9.19. The third-order valence-electron chi connectivity index (χ3n) is 0. The second-order valence-electron chi connectivity index (χ2n) is 0.733. The molecule has 0 heterocycles. The molecule has 0 aromatic heterocycles. The van der Waals surface area contributed by atoms with Crippen LogP contribution in [-0.4, -0.2) is 19.2 Å². The summed E-state index contributed by atoms with van der Waals surface area (Å²) in [6.07, 6.45) is 0.715. The quantitative estimate of drug-likeness (QED) is 0.601. The van der Waals surface area contributed by atoms with Crippen LogP contribution in [0.25, 0.3) is 0 Å². The molecule has 0 atom stereocenters. The molecule has 0 fully saturated rings. The first-order chi connectivity index (χ1) is 2.00. The van der Waals surface area contributed by atoms with E-state index in [-0.39, 0.29) is 36.9 Å². The standard InChI is InChI=1S/CH4O3S.Tm/c1-5(2,3)4;/h1H3,(H,2,3,4);. The van der Waals surface area contributed by atoms with Gasteiger partial charge in [0.15, 0.2) is 0 Å². The fourth-order valence-electron chi connectivity index (χ4n) is 0. The predicted octanol–water partition coefficient (Wildman–Crippen LogP) is -0.496. The average molecular weight is 265 g/mol. The van der Waals surface area contributed by atoms with Crippen LogP contribution in [0.2, 0.25) is 0 Å². The molecule has 45 valence electrons. The largest absolute Gasteiger partial charge is 0.286 e. The van der Waals surface area contributed by atoms with Crippen LogP contribution in [0, 0.1) is 36.9 Å². The van der Waals surface area contributed by atoms with Crippen molar-refractivity contribution in [2.75, 3.05) is 6.26 Å². The normalized spacial score (nSPS) is 9.67. The zero-order valence-corrected chi connectivity index (χ0v) is 5.55. The molecule has 1 radical (unpaired) electrons. The summed E-state index contributed by atoms with van der Waals surface area (Å²) < 4.78 is 25.9. The van der Waals surface area contributed by atoms with E-state index in [1.165, 1.54) is 0 Å². The van der Waals surface area contributed by atoms with Gasteiger partial charge in [0.05, 0.1) is 6.26 Å². The molecule has 0 aliphatic carbocycles. The topological polar surface area (TPSA) is 54.4 Å². The Morgan fingerprint density at radius 3 is 1.50 bits per heavy atom. The van der Waals surface area contributed by atoms with E-state index in [2.05, 4.69) is 0 Å². The summed E-state index contributed by atoms with van der Waals surface area (Å²) in [4.78, 5) is 0. The van der Waals surface area contributed by atoms with Crippen LogP contribution >= 0.6 is 0 Å². The summed E-state index contributed by atoms with van der Waals surface area (Å²) in [6, 6.07) is 0. The van der Waals surface area contributed by atoms with Gasteiger partial charge in [-0.2, -0.15) is 8.42 Å². The first-order valence-corrected chi connectivity index (χ1v) is 2.77. The average Bonchev–Trinajstić information content (AvgIpc) is 0.722. The summed E-state index contributed by atoms with van der Waals surface area (Å²) in [6.45, 7) is 0. The van der Waals surface area contributed by atoms with Gasteiger partial charge in [0.2, 0.25) is 0 Å². The van der Waals surface area contributed by atoms with Gasteiger partial charge in [0.1, 0.15) is 0 Å². The summed E-state index contributed by atoms with van der Waals surface area (Å²) >= 11 is 0. The molecule has 0 rings (SSSR count). The van der Waals surface area contributed by atoms with Gasteiger partial charge in [-0.25, -0.2) is 0 Å². The minimum atomic E-state index is -3.67. The molecule has 0 aliphatic rings. The monoisotopic (exact) mass is 265 g/mol. The molecule has 1 N–H and O–H groups in total. The van der Waals surface area contributed by atoms with E-state index < -0.39 is 10.1 Å². The van der Waals surface area contributed by atoms with Gasteiger partial charge in [-0.15, -0.1) is 0 Å². The van der Waals surface area contributed by atoms with Crippen LogP contribution in [0.4, 0.5) is 0 Å². The number of hydrogen-bond acceptors (Lipinski definition) is 2. The Morgan fingerprint density at radius 1 is 1.50 bits per heavy atom. The van der Waals surface area contributed by atoms with Crippen LogP contribution in [0.5, 0.6) is 0 Å². The first kappa shape index (κ1) is 10.2. The molecule has 5 heteroatoms. The summed E-state index contributed by atoms with van der Waals surface area (Å²) in [5.41, 5.74) is 0. The fraction of sp³-hybridized carbons (Fsp3) is 1.00. The molecule has 0 aromatic carbocycles. The van der Waals surface area contributed by atoms with Crippen molar-refractivity contribution in [3.05, 3.63) is 0 Å². The van der Waals surface area contributed by atoms with Crippen molar-refractivity contribution in [3.63, 3.8) is 0 Å². The van der Waals surface area contributed by atoms with E-state index in [4.69, 9.17) is 4.55 Å². The first-order valence-electron chi connectivity index (χ1n) is 0.924. The molecule has 0 spiro atoms. The van der Waals surface area contributed by atoms with Crippen LogP contribution < -0.4 is 0 Å². The van der Waals surface area contributed by atoms with E-state index in [1.54, 1.807) is 0 Å². The maximum absolute atomic E-state index is 9.19. The Labute approximate surface area is 65.7 Å². The molecule has 3 nitrogen and oxygen atoms in total. The minimum Gasteiger partial charge on any atom is -0.286 e. The Bertz CT molecular complexity index is 94.0. The summed E-state index contributed by atoms with van der Waals surface area (Å²) in [7, 11) is -3.67. The van der Waals surface area contributed by atoms with Crippen LogP contribution in [0.1, 0.15) is 0 Å². The van der Waals surface area contributed by atoms with Crippen molar-refractivity contribution in [3.8, 4) is 0 Å². The molecule has 0 amide bonds. The zero-order chi connectivity index (χ0) is 4.50. The second-order valence-corrected chi connectivity index (χ2v) is 2.20. The van der Waals surface area contributed by atoms with E-state index in [0.29, 0.717) is 6.26 Å². The Balaban J connectivity index is 0. The summed E-state index contributed by atoms with van der Waals surface area (Å²) in [5, 5.41) is 0.